The first-order valence-corrected chi connectivity index (χ1v) is 6.71. The predicted molar refractivity (Wildman–Crippen MR) is 78.2 cm³/mol. The molecule has 1 aromatic carbocycles. The van der Waals surface area contributed by atoms with Crippen LogP contribution in [0.2, 0.25) is 0 Å². The maximum absolute atomic E-state index is 8.59. The molecule has 0 aliphatic heterocycles. The molecular formula is C12H10Br2N4. The summed E-state index contributed by atoms with van der Waals surface area (Å²) in [7, 11) is 0. The molecule has 1 rings (SSSR count). The van der Waals surface area contributed by atoms with Crippen LogP contribution in [-0.4, -0.2) is 5.71 Å². The van der Waals surface area contributed by atoms with Crippen molar-refractivity contribution in [3.8, 4) is 12.1 Å². The van der Waals surface area contributed by atoms with Crippen LogP contribution in [0.15, 0.2) is 26.2 Å². The second-order valence-electron chi connectivity index (χ2n) is 3.81. The summed E-state index contributed by atoms with van der Waals surface area (Å²) < 4.78 is 1.64. The number of benzene rings is 1. The van der Waals surface area contributed by atoms with Crippen molar-refractivity contribution in [2.45, 2.75) is 19.8 Å². The first-order valence-electron chi connectivity index (χ1n) is 5.12. The summed E-state index contributed by atoms with van der Waals surface area (Å²) in [4.78, 5) is 0. The zero-order valence-corrected chi connectivity index (χ0v) is 13.0. The van der Waals surface area contributed by atoms with Gasteiger partial charge in [-0.25, -0.2) is 0 Å². The highest BCUT2D eigenvalue weighted by Crippen LogP contribution is 2.34. The Morgan fingerprint density at radius 2 is 1.72 bits per heavy atom. The lowest BCUT2D eigenvalue weighted by Gasteiger charge is -2.11. The van der Waals surface area contributed by atoms with Gasteiger partial charge in [0, 0.05) is 8.95 Å². The highest BCUT2D eigenvalue weighted by molar-refractivity contribution is 9.11. The molecule has 4 nitrogen and oxygen atoms in total. The van der Waals surface area contributed by atoms with Crippen LogP contribution in [0.5, 0.6) is 0 Å². The molecule has 0 spiro atoms. The molecule has 6 heteroatoms. The average Bonchev–Trinajstić information content (AvgIpc) is 2.32. The molecule has 18 heavy (non-hydrogen) atoms. The smallest absolute Gasteiger partial charge is 0.237 e. The van der Waals surface area contributed by atoms with Gasteiger partial charge < -0.3 is 0 Å². The molecule has 92 valence electrons. The van der Waals surface area contributed by atoms with Gasteiger partial charge in [0.05, 0.1) is 5.69 Å². The van der Waals surface area contributed by atoms with Gasteiger partial charge in [-0.2, -0.15) is 15.6 Å². The van der Waals surface area contributed by atoms with E-state index in [9.17, 15) is 0 Å². The van der Waals surface area contributed by atoms with E-state index >= 15 is 0 Å². The highest BCUT2D eigenvalue weighted by atomic mass is 79.9. The van der Waals surface area contributed by atoms with Gasteiger partial charge in [0.25, 0.3) is 0 Å². The second kappa shape index (κ2) is 6.53. The van der Waals surface area contributed by atoms with Crippen molar-refractivity contribution in [1.82, 2.24) is 0 Å². The summed E-state index contributed by atoms with van der Waals surface area (Å²) in [6.07, 6.45) is 0. The number of hydrogen-bond donors (Lipinski definition) is 1. The van der Waals surface area contributed by atoms with Crippen molar-refractivity contribution in [3.63, 3.8) is 0 Å². The summed E-state index contributed by atoms with van der Waals surface area (Å²) in [6.45, 7) is 4.20. The molecule has 0 amide bonds. The summed E-state index contributed by atoms with van der Waals surface area (Å²) in [5.74, 6) is 0.406. The predicted octanol–water partition coefficient (Wildman–Crippen LogP) is 4.15. The number of hydrazone groups is 1. The Hall–Kier alpha value is -1.37. The number of nitriles is 2. The number of anilines is 1. The molecule has 0 aliphatic carbocycles. The number of nitrogens with zero attached hydrogens (tertiary/aromatic N) is 3. The summed E-state index contributed by atoms with van der Waals surface area (Å²) >= 11 is 6.87. The Bertz CT molecular complexity index is 525. The fourth-order valence-corrected chi connectivity index (χ4v) is 2.62. The minimum atomic E-state index is -0.221. The molecule has 0 aliphatic rings. The third-order valence-corrected chi connectivity index (χ3v) is 3.47. The van der Waals surface area contributed by atoms with Gasteiger partial charge in [-0.3, -0.25) is 5.43 Å². The van der Waals surface area contributed by atoms with Gasteiger partial charge in [0.2, 0.25) is 5.71 Å². The third kappa shape index (κ3) is 3.56. The van der Waals surface area contributed by atoms with Crippen molar-refractivity contribution in [3.05, 3.63) is 26.6 Å². The molecule has 0 fully saturated rings. The van der Waals surface area contributed by atoms with Crippen LogP contribution in [-0.2, 0) is 0 Å². The quantitative estimate of drug-likeness (QED) is 0.642. The van der Waals surface area contributed by atoms with E-state index < -0.39 is 0 Å². The molecule has 0 saturated heterocycles. The van der Waals surface area contributed by atoms with Crippen molar-refractivity contribution >= 4 is 43.3 Å². The van der Waals surface area contributed by atoms with Crippen molar-refractivity contribution in [2.24, 2.45) is 5.10 Å². The summed E-state index contributed by atoms with van der Waals surface area (Å²) in [6, 6.07) is 7.33. The largest absolute Gasteiger partial charge is 0.274 e. The minimum absolute atomic E-state index is 0.221. The normalized spacial score (nSPS) is 9.50. The van der Waals surface area contributed by atoms with Crippen LogP contribution < -0.4 is 5.43 Å². The molecule has 0 saturated carbocycles. The summed E-state index contributed by atoms with van der Waals surface area (Å²) in [5.41, 5.74) is 4.33. The first kappa shape index (κ1) is 14.7. The molecule has 1 aromatic rings. The van der Waals surface area contributed by atoms with Crippen LogP contribution in [0, 0.1) is 22.7 Å². The van der Waals surface area contributed by atoms with Crippen LogP contribution in [0.4, 0.5) is 5.69 Å². The molecule has 0 unspecified atom stereocenters. The van der Waals surface area contributed by atoms with Gasteiger partial charge in [-0.1, -0.05) is 13.8 Å². The number of rotatable bonds is 3. The van der Waals surface area contributed by atoms with Crippen LogP contribution in [0.3, 0.4) is 0 Å². The number of nitrogens with one attached hydrogen (secondary N) is 1. The monoisotopic (exact) mass is 368 g/mol. The van der Waals surface area contributed by atoms with E-state index in [0.29, 0.717) is 11.6 Å². The lowest BCUT2D eigenvalue weighted by atomic mass is 10.0. The summed E-state index contributed by atoms with van der Waals surface area (Å²) in [5, 5.41) is 20.9. The zero-order chi connectivity index (χ0) is 13.7. The number of hydrogen-bond acceptors (Lipinski definition) is 4. The van der Waals surface area contributed by atoms with Gasteiger partial charge in [0.15, 0.2) is 0 Å². The lowest BCUT2D eigenvalue weighted by molar-refractivity contribution is 0.865. The Kier molecular flexibility index (Phi) is 5.33. The first-order chi connectivity index (χ1) is 8.49. The van der Waals surface area contributed by atoms with Gasteiger partial charge in [-0.05, 0) is 55.5 Å². The molecule has 0 radical (unpaired) electrons. The van der Waals surface area contributed by atoms with Crippen molar-refractivity contribution in [2.75, 3.05) is 5.43 Å². The van der Waals surface area contributed by atoms with Gasteiger partial charge in [-0.15, -0.1) is 0 Å². The van der Waals surface area contributed by atoms with E-state index in [1.807, 2.05) is 12.1 Å². The molecule has 0 bridgehead atoms. The lowest BCUT2D eigenvalue weighted by Crippen LogP contribution is -1.99. The maximum atomic E-state index is 8.59. The molecule has 0 atom stereocenters. The molecular weight excluding hydrogens is 360 g/mol. The zero-order valence-electron chi connectivity index (χ0n) is 9.83. The Morgan fingerprint density at radius 1 is 1.22 bits per heavy atom. The molecule has 0 aromatic heterocycles. The van der Waals surface area contributed by atoms with E-state index in [-0.39, 0.29) is 5.71 Å². The molecule has 1 N–H and O–H groups in total. The van der Waals surface area contributed by atoms with E-state index in [2.05, 4.69) is 56.2 Å². The second-order valence-corrected chi connectivity index (χ2v) is 5.52. The van der Waals surface area contributed by atoms with Gasteiger partial charge >= 0.3 is 0 Å². The van der Waals surface area contributed by atoms with Crippen LogP contribution >= 0.6 is 31.9 Å². The molecule has 0 heterocycles. The fourth-order valence-electron chi connectivity index (χ4n) is 1.22. The standard InChI is InChI=1S/C12H10Br2N4/c1-7(2)8-3-10(13)12(11(14)4-8)18-17-9(5-15)6-16/h3-4,7,18H,1-2H3. The minimum Gasteiger partial charge on any atom is -0.274 e. The van der Waals surface area contributed by atoms with Gasteiger partial charge in [0.1, 0.15) is 12.1 Å². The topological polar surface area (TPSA) is 72.0 Å². The van der Waals surface area contributed by atoms with Crippen LogP contribution in [0.25, 0.3) is 0 Å². The Labute approximate surface area is 123 Å². The van der Waals surface area contributed by atoms with Crippen LogP contribution in [0.1, 0.15) is 25.3 Å². The maximum Gasteiger partial charge on any atom is 0.237 e. The third-order valence-electron chi connectivity index (χ3n) is 2.22. The Morgan fingerprint density at radius 3 is 2.11 bits per heavy atom. The van der Waals surface area contributed by atoms with Crippen molar-refractivity contribution in [1.29, 1.82) is 10.5 Å². The Balaban J connectivity index is 3.10. The highest BCUT2D eigenvalue weighted by Gasteiger charge is 2.09. The van der Waals surface area contributed by atoms with E-state index in [1.54, 1.807) is 12.1 Å². The van der Waals surface area contributed by atoms with E-state index in [1.165, 1.54) is 5.56 Å². The SMILES string of the molecule is CC(C)c1cc(Br)c(NN=C(C#N)C#N)c(Br)c1. The van der Waals surface area contributed by atoms with Crippen molar-refractivity contribution < 1.29 is 0 Å². The fraction of sp³-hybridized carbons (Fsp3) is 0.250. The van der Waals surface area contributed by atoms with E-state index in [0.717, 1.165) is 8.95 Å². The van der Waals surface area contributed by atoms with E-state index in [4.69, 9.17) is 10.5 Å². The average molecular weight is 370 g/mol. The number of halogens is 2.